The minimum absolute atomic E-state index is 0.190. The summed E-state index contributed by atoms with van der Waals surface area (Å²) in [7, 11) is 0. The number of hydrogen-bond donors (Lipinski definition) is 3. The smallest absolute Gasteiger partial charge is 0.0840 e. The highest BCUT2D eigenvalue weighted by Gasteiger charge is 2.15. The molecule has 2 aromatic rings. The summed E-state index contributed by atoms with van der Waals surface area (Å²) in [6.07, 6.45) is 0. The van der Waals surface area contributed by atoms with Gasteiger partial charge >= 0.3 is 0 Å². The maximum atomic E-state index is 9.98. The Balaban J connectivity index is 1.88. The first kappa shape index (κ1) is 18.7. The van der Waals surface area contributed by atoms with Crippen molar-refractivity contribution in [2.24, 2.45) is 0 Å². The molecule has 0 aliphatic rings. The molecule has 0 unspecified atom stereocenters. The van der Waals surface area contributed by atoms with E-state index in [2.05, 4.69) is 55.1 Å². The quantitative estimate of drug-likeness (QED) is 0.615. The highest BCUT2D eigenvalue weighted by atomic mass is 32.2. The molecule has 0 atom stereocenters. The van der Waals surface area contributed by atoms with Gasteiger partial charge in [-0.3, -0.25) is 0 Å². The molecule has 2 aromatic carbocycles. The van der Waals surface area contributed by atoms with Gasteiger partial charge < -0.3 is 15.1 Å². The van der Waals surface area contributed by atoms with Gasteiger partial charge in [0.2, 0.25) is 0 Å². The van der Waals surface area contributed by atoms with Crippen molar-refractivity contribution in [3.05, 3.63) is 59.7 Å². The third-order valence-electron chi connectivity index (χ3n) is 3.52. The predicted molar refractivity (Wildman–Crippen MR) is 106 cm³/mol. The summed E-state index contributed by atoms with van der Waals surface area (Å²) < 4.78 is 3.57. The molecular weight excluding hydrogens is 316 g/mol. The van der Waals surface area contributed by atoms with Crippen molar-refractivity contribution in [3.63, 3.8) is 0 Å². The van der Waals surface area contributed by atoms with Crippen LogP contribution in [-0.2, 0) is 12.1 Å². The number of hydrogen-bond acceptors (Lipinski definition) is 4. The lowest BCUT2D eigenvalue weighted by atomic mass is 9.98. The van der Waals surface area contributed by atoms with Gasteiger partial charge in [-0.25, -0.2) is 0 Å². The van der Waals surface area contributed by atoms with Crippen LogP contribution >= 0.6 is 11.9 Å². The van der Waals surface area contributed by atoms with E-state index in [0.29, 0.717) is 0 Å². The zero-order chi connectivity index (χ0) is 17.8. The van der Waals surface area contributed by atoms with Crippen molar-refractivity contribution >= 4 is 23.3 Å². The molecule has 24 heavy (non-hydrogen) atoms. The summed E-state index contributed by atoms with van der Waals surface area (Å²) in [5.74, 6) is 0. The minimum atomic E-state index is -0.799. The van der Waals surface area contributed by atoms with E-state index < -0.39 is 5.60 Å². The van der Waals surface area contributed by atoms with E-state index in [1.54, 1.807) is 25.8 Å². The lowest BCUT2D eigenvalue weighted by molar-refractivity contribution is 0.0786. The van der Waals surface area contributed by atoms with Crippen molar-refractivity contribution in [3.8, 4) is 0 Å². The lowest BCUT2D eigenvalue weighted by Crippen LogP contribution is -2.15. The van der Waals surface area contributed by atoms with Crippen LogP contribution in [0.25, 0.3) is 0 Å². The molecule has 0 saturated heterocycles. The Morgan fingerprint density at radius 2 is 1.38 bits per heavy atom. The topological polar surface area (TPSA) is 44.3 Å². The van der Waals surface area contributed by atoms with Gasteiger partial charge in [-0.1, -0.05) is 24.3 Å². The summed E-state index contributed by atoms with van der Waals surface area (Å²) in [6.45, 7) is 10.9. The molecule has 4 heteroatoms. The lowest BCUT2D eigenvalue weighted by Gasteiger charge is -2.19. The fourth-order valence-electron chi connectivity index (χ4n) is 2.10. The molecule has 0 amide bonds. The molecular formula is C20H28N2OS. The molecule has 0 aliphatic carbocycles. The first-order chi connectivity index (χ1) is 11.1. The first-order valence-corrected chi connectivity index (χ1v) is 9.05. The molecule has 0 fully saturated rings. The van der Waals surface area contributed by atoms with Crippen LogP contribution in [0.4, 0.5) is 11.4 Å². The van der Waals surface area contributed by atoms with E-state index in [1.807, 2.05) is 24.3 Å². The van der Waals surface area contributed by atoms with Gasteiger partial charge in [0.05, 0.1) is 5.60 Å². The number of aliphatic hydroxyl groups is 1. The molecule has 0 aromatic heterocycles. The van der Waals surface area contributed by atoms with Crippen molar-refractivity contribution in [1.82, 2.24) is 0 Å². The van der Waals surface area contributed by atoms with Gasteiger partial charge in [-0.2, -0.15) is 0 Å². The number of nitrogens with one attached hydrogen (secondary N) is 2. The average Bonchev–Trinajstić information content (AvgIpc) is 2.51. The summed E-state index contributed by atoms with van der Waals surface area (Å²) in [5.41, 5.74) is 3.52. The third kappa shape index (κ3) is 6.10. The molecule has 130 valence electrons. The Hall–Kier alpha value is -1.65. The normalized spacial score (nSPS) is 12.1. The Morgan fingerprint density at radius 3 is 1.88 bits per heavy atom. The van der Waals surface area contributed by atoms with Crippen LogP contribution in [0.15, 0.2) is 48.5 Å². The number of benzene rings is 2. The van der Waals surface area contributed by atoms with Crippen LogP contribution < -0.4 is 10.0 Å². The van der Waals surface area contributed by atoms with E-state index >= 15 is 0 Å². The van der Waals surface area contributed by atoms with Crippen LogP contribution in [-0.4, -0.2) is 9.85 Å². The summed E-state index contributed by atoms with van der Waals surface area (Å²) in [5, 5.41) is 13.4. The van der Waals surface area contributed by atoms with Gasteiger partial charge in [0.25, 0.3) is 0 Å². The van der Waals surface area contributed by atoms with Crippen LogP contribution in [0.5, 0.6) is 0 Å². The Labute approximate surface area is 150 Å². The minimum Gasteiger partial charge on any atom is -0.386 e. The van der Waals surface area contributed by atoms with Crippen LogP contribution in [0.2, 0.25) is 0 Å². The Bertz CT molecular complexity index is 637. The van der Waals surface area contributed by atoms with Crippen molar-refractivity contribution in [2.75, 3.05) is 10.0 Å². The van der Waals surface area contributed by atoms with E-state index in [4.69, 9.17) is 0 Å². The highest BCUT2D eigenvalue weighted by molar-refractivity contribution is 8.01. The molecule has 2 rings (SSSR count). The molecule has 0 heterocycles. The second-order valence-electron chi connectivity index (χ2n) is 7.50. The van der Waals surface area contributed by atoms with Crippen LogP contribution in [0.1, 0.15) is 45.7 Å². The number of rotatable bonds is 6. The Morgan fingerprint density at radius 1 is 0.833 bits per heavy atom. The third-order valence-corrected chi connectivity index (χ3v) is 4.47. The fraction of sp³-hybridized carbons (Fsp3) is 0.400. The summed E-state index contributed by atoms with van der Waals surface area (Å²) in [4.78, 5) is 0. The standard InChI is InChI=1S/C20H28N2OS/c1-19(2,3)24-22-18-10-6-15(7-11-18)14-21-17-12-8-16(9-13-17)20(4,5)23/h6-13,21-23H,14H2,1-5H3. The predicted octanol–water partition coefficient (Wildman–Crippen LogP) is 5.38. The largest absolute Gasteiger partial charge is 0.386 e. The van der Waals surface area contributed by atoms with Gasteiger partial charge in [-0.15, -0.1) is 0 Å². The monoisotopic (exact) mass is 344 g/mol. The van der Waals surface area contributed by atoms with Gasteiger partial charge in [-0.05, 0) is 82.0 Å². The van der Waals surface area contributed by atoms with E-state index in [-0.39, 0.29) is 4.75 Å². The summed E-state index contributed by atoms with van der Waals surface area (Å²) in [6, 6.07) is 16.4. The van der Waals surface area contributed by atoms with Crippen molar-refractivity contribution < 1.29 is 5.11 Å². The molecule has 3 N–H and O–H groups in total. The number of anilines is 2. The average molecular weight is 345 g/mol. The molecule has 3 nitrogen and oxygen atoms in total. The van der Waals surface area contributed by atoms with Gasteiger partial charge in [0.1, 0.15) is 0 Å². The zero-order valence-electron chi connectivity index (χ0n) is 15.2. The maximum absolute atomic E-state index is 9.98. The SMILES string of the molecule is CC(C)(C)SNc1ccc(CNc2ccc(C(C)(C)O)cc2)cc1. The zero-order valence-corrected chi connectivity index (χ0v) is 16.0. The van der Waals surface area contributed by atoms with Gasteiger partial charge in [0.15, 0.2) is 0 Å². The fourth-order valence-corrected chi connectivity index (χ4v) is 2.66. The Kier molecular flexibility index (Phi) is 5.83. The second-order valence-corrected chi connectivity index (χ2v) is 9.14. The van der Waals surface area contributed by atoms with E-state index in [0.717, 1.165) is 23.5 Å². The highest BCUT2D eigenvalue weighted by Crippen LogP contribution is 2.25. The summed E-state index contributed by atoms with van der Waals surface area (Å²) >= 11 is 1.72. The van der Waals surface area contributed by atoms with Crippen LogP contribution in [0.3, 0.4) is 0 Å². The molecule has 0 bridgehead atoms. The van der Waals surface area contributed by atoms with E-state index in [9.17, 15) is 5.11 Å². The molecule has 0 radical (unpaired) electrons. The second kappa shape index (κ2) is 7.49. The van der Waals surface area contributed by atoms with Crippen molar-refractivity contribution in [2.45, 2.75) is 51.5 Å². The molecule has 0 aliphatic heterocycles. The van der Waals surface area contributed by atoms with Crippen molar-refractivity contribution in [1.29, 1.82) is 0 Å². The molecule has 0 saturated carbocycles. The van der Waals surface area contributed by atoms with Gasteiger partial charge in [0, 0.05) is 22.7 Å². The van der Waals surface area contributed by atoms with Crippen LogP contribution in [0, 0.1) is 0 Å². The first-order valence-electron chi connectivity index (χ1n) is 8.23. The maximum Gasteiger partial charge on any atom is 0.0840 e. The molecule has 0 spiro atoms. The van der Waals surface area contributed by atoms with E-state index in [1.165, 1.54) is 5.56 Å².